The van der Waals surface area contributed by atoms with E-state index in [2.05, 4.69) is 60.6 Å². The van der Waals surface area contributed by atoms with Crippen molar-refractivity contribution in [3.8, 4) is 0 Å². The van der Waals surface area contributed by atoms with Crippen molar-refractivity contribution >= 4 is 49.1 Å². The van der Waals surface area contributed by atoms with Gasteiger partial charge in [-0.3, -0.25) is 4.79 Å². The smallest absolute Gasteiger partial charge is 0.258 e. The second kappa shape index (κ2) is 14.0. The Labute approximate surface area is 230 Å². The molecule has 0 spiro atoms. The Morgan fingerprint density at radius 2 is 1.92 bits per heavy atom. The van der Waals surface area contributed by atoms with E-state index in [-0.39, 0.29) is 24.0 Å². The van der Waals surface area contributed by atoms with Crippen LogP contribution in [0.4, 0.5) is 11.4 Å². The summed E-state index contributed by atoms with van der Waals surface area (Å²) in [5.41, 5.74) is 4.49. The van der Waals surface area contributed by atoms with Crippen molar-refractivity contribution in [3.05, 3.63) is 29.3 Å². The Kier molecular flexibility index (Phi) is 11.4. The van der Waals surface area contributed by atoms with Crippen LogP contribution in [0.1, 0.15) is 86.0 Å². The molecule has 0 bridgehead atoms. The molecule has 8 heteroatoms. The van der Waals surface area contributed by atoms with Gasteiger partial charge in [0, 0.05) is 39.1 Å². The summed E-state index contributed by atoms with van der Waals surface area (Å²) < 4.78 is 3.30. The lowest BCUT2D eigenvalue weighted by molar-refractivity contribution is -0.127. The minimum absolute atomic E-state index is 0.198. The van der Waals surface area contributed by atoms with E-state index in [4.69, 9.17) is 10.1 Å². The van der Waals surface area contributed by atoms with Gasteiger partial charge in [-0.2, -0.15) is 0 Å². The molecule has 2 heterocycles. The molecule has 2 unspecified atom stereocenters. The number of rotatable bonds is 8. The Morgan fingerprint density at radius 3 is 2.54 bits per heavy atom. The van der Waals surface area contributed by atoms with E-state index < -0.39 is 0 Å². The van der Waals surface area contributed by atoms with Crippen LogP contribution in [-0.2, 0) is 4.79 Å². The average Bonchev–Trinajstić information content (AvgIpc) is 3.14. The van der Waals surface area contributed by atoms with Crippen LogP contribution in [0.5, 0.6) is 0 Å². The molecule has 2 atom stereocenters. The van der Waals surface area contributed by atoms with Crippen molar-refractivity contribution in [3.63, 3.8) is 0 Å². The SMILES string of the molecule is CCCC1=C(C2=Nc3ccc(NSC)cc3PN2)C(=O)N(CCC(C)(C)C)C1C1CCCCC1.CCO. The number of carbonyl (C=O) groups is 1. The molecule has 1 fully saturated rings. The summed E-state index contributed by atoms with van der Waals surface area (Å²) in [5.74, 6) is 1.57. The van der Waals surface area contributed by atoms with Gasteiger partial charge in [0.05, 0.1) is 17.3 Å². The molecule has 37 heavy (non-hydrogen) atoms. The van der Waals surface area contributed by atoms with Gasteiger partial charge in [0.2, 0.25) is 0 Å². The quantitative estimate of drug-likeness (QED) is 0.255. The third kappa shape index (κ3) is 7.74. The third-order valence-corrected chi connectivity index (χ3v) is 8.68. The molecule has 4 rings (SSSR count). The maximum atomic E-state index is 14.0. The first-order chi connectivity index (χ1) is 17.7. The number of amidine groups is 1. The van der Waals surface area contributed by atoms with Gasteiger partial charge in [0.25, 0.3) is 5.91 Å². The van der Waals surface area contributed by atoms with Crippen LogP contribution in [0.3, 0.4) is 0 Å². The zero-order chi connectivity index (χ0) is 27.0. The van der Waals surface area contributed by atoms with E-state index in [1.54, 1.807) is 18.9 Å². The topological polar surface area (TPSA) is 77.0 Å². The highest BCUT2D eigenvalue weighted by Gasteiger charge is 2.44. The highest BCUT2D eigenvalue weighted by molar-refractivity contribution is 7.99. The molecular formula is C29H47N4O2PS. The molecule has 0 radical (unpaired) electrons. The lowest BCUT2D eigenvalue weighted by Crippen LogP contribution is -2.43. The number of aliphatic imine (C=N–C) groups is 1. The van der Waals surface area contributed by atoms with Crippen molar-refractivity contribution in [1.29, 1.82) is 0 Å². The Bertz CT molecular complexity index is 983. The standard InChI is InChI=1S/C27H41N4OPS.C2H6O/c1-6-10-20-23(25-28-21-14-13-19(30-34-5)17-22(21)33-29-25)26(32)31(16-15-27(2,3)4)24(20)18-11-8-7-9-12-18;1-2-3/h13-14,17-18,24,30,33H,6-12,15-16H2,1-5H3,(H,28,29);3H,2H2,1H3. The first-order valence-corrected chi connectivity index (χ1v) is 16.2. The number of fused-ring (bicyclic) bond motifs is 1. The number of hydrogen-bond acceptors (Lipinski definition) is 6. The largest absolute Gasteiger partial charge is 0.397 e. The fourth-order valence-electron chi connectivity index (χ4n) is 5.53. The molecule has 0 saturated heterocycles. The lowest BCUT2D eigenvalue weighted by atomic mass is 9.79. The van der Waals surface area contributed by atoms with Crippen LogP contribution in [0.15, 0.2) is 34.3 Å². The monoisotopic (exact) mass is 546 g/mol. The number of aliphatic hydroxyl groups excluding tert-OH is 1. The van der Waals surface area contributed by atoms with Gasteiger partial charge < -0.3 is 19.8 Å². The van der Waals surface area contributed by atoms with E-state index in [0.29, 0.717) is 14.6 Å². The number of hydrogen-bond donors (Lipinski definition) is 3. The van der Waals surface area contributed by atoms with Gasteiger partial charge in [-0.25, -0.2) is 4.99 Å². The number of carbonyl (C=O) groups excluding carboxylic acids is 1. The highest BCUT2D eigenvalue weighted by atomic mass is 32.2. The first-order valence-electron chi connectivity index (χ1n) is 13.9. The highest BCUT2D eigenvalue weighted by Crippen LogP contribution is 2.42. The van der Waals surface area contributed by atoms with Crippen molar-refractivity contribution in [1.82, 2.24) is 9.99 Å². The molecule has 6 nitrogen and oxygen atoms in total. The fraction of sp³-hybridized carbons (Fsp3) is 0.655. The van der Waals surface area contributed by atoms with Gasteiger partial charge in [-0.05, 0) is 67.7 Å². The van der Waals surface area contributed by atoms with E-state index in [1.807, 2.05) is 6.26 Å². The predicted octanol–water partition coefficient (Wildman–Crippen LogP) is 6.55. The lowest BCUT2D eigenvalue weighted by Gasteiger charge is -2.37. The molecule has 1 amide bonds. The Balaban J connectivity index is 0.00000121. The van der Waals surface area contributed by atoms with E-state index in [1.165, 1.54) is 43.0 Å². The van der Waals surface area contributed by atoms with E-state index in [0.717, 1.165) is 48.6 Å². The molecule has 1 saturated carbocycles. The summed E-state index contributed by atoms with van der Waals surface area (Å²) in [6.45, 7) is 11.8. The van der Waals surface area contributed by atoms with Gasteiger partial charge in [0.1, 0.15) is 5.84 Å². The van der Waals surface area contributed by atoms with Crippen molar-refractivity contribution in [2.45, 2.75) is 92.0 Å². The zero-order valence-corrected chi connectivity index (χ0v) is 25.4. The zero-order valence-electron chi connectivity index (χ0n) is 23.6. The molecule has 2 aliphatic heterocycles. The summed E-state index contributed by atoms with van der Waals surface area (Å²) in [4.78, 5) is 21.3. The summed E-state index contributed by atoms with van der Waals surface area (Å²) in [7, 11) is 0.409. The number of nitrogens with one attached hydrogen (secondary N) is 2. The number of benzene rings is 1. The summed E-state index contributed by atoms with van der Waals surface area (Å²) in [5, 5.41) is 12.3. The Hall–Kier alpha value is -1.56. The normalized spacial score (nSPS) is 20.8. The van der Waals surface area contributed by atoms with Crippen LogP contribution in [-0.4, -0.2) is 47.2 Å². The summed E-state index contributed by atoms with van der Waals surface area (Å²) >= 11 is 1.59. The van der Waals surface area contributed by atoms with Crippen LogP contribution in [0.25, 0.3) is 0 Å². The van der Waals surface area contributed by atoms with Gasteiger partial charge >= 0.3 is 0 Å². The molecule has 1 aliphatic carbocycles. The number of aliphatic hydroxyl groups is 1. The predicted molar refractivity (Wildman–Crippen MR) is 163 cm³/mol. The second-order valence-corrected chi connectivity index (χ2v) is 13.0. The molecule has 3 N–H and O–H groups in total. The van der Waals surface area contributed by atoms with Crippen LogP contribution >= 0.6 is 20.7 Å². The van der Waals surface area contributed by atoms with Gasteiger partial charge in [-0.15, -0.1) is 0 Å². The average molecular weight is 547 g/mol. The van der Waals surface area contributed by atoms with E-state index in [9.17, 15) is 4.79 Å². The summed E-state index contributed by atoms with van der Waals surface area (Å²) in [6.07, 6.45) is 11.5. The van der Waals surface area contributed by atoms with Gasteiger partial charge in [0.15, 0.2) is 0 Å². The minimum atomic E-state index is 0.198. The second-order valence-electron chi connectivity index (χ2n) is 11.4. The molecule has 0 aromatic heterocycles. The third-order valence-electron chi connectivity index (χ3n) is 7.21. The number of amides is 1. The van der Waals surface area contributed by atoms with Crippen molar-refractivity contribution < 1.29 is 9.90 Å². The van der Waals surface area contributed by atoms with E-state index >= 15 is 0 Å². The van der Waals surface area contributed by atoms with Crippen LogP contribution in [0, 0.1) is 11.3 Å². The summed E-state index contributed by atoms with van der Waals surface area (Å²) in [6, 6.07) is 6.56. The first kappa shape index (κ1) is 30.0. The number of nitrogens with zero attached hydrogens (tertiary/aromatic N) is 2. The molecule has 3 aliphatic rings. The molecule has 1 aromatic rings. The van der Waals surface area contributed by atoms with Crippen LogP contribution in [0.2, 0.25) is 0 Å². The minimum Gasteiger partial charge on any atom is -0.397 e. The van der Waals surface area contributed by atoms with Crippen LogP contribution < -0.4 is 15.1 Å². The molecule has 1 aromatic carbocycles. The Morgan fingerprint density at radius 1 is 1.22 bits per heavy atom. The number of anilines is 1. The maximum absolute atomic E-state index is 14.0. The molecule has 206 valence electrons. The maximum Gasteiger partial charge on any atom is 0.258 e. The van der Waals surface area contributed by atoms with Crippen molar-refractivity contribution in [2.75, 3.05) is 24.1 Å². The molecular weight excluding hydrogens is 499 g/mol. The van der Waals surface area contributed by atoms with Crippen molar-refractivity contribution in [2.24, 2.45) is 16.3 Å². The fourth-order valence-corrected chi connectivity index (χ4v) is 6.82. The van der Waals surface area contributed by atoms with Gasteiger partial charge in [-0.1, -0.05) is 65.3 Å².